The van der Waals surface area contributed by atoms with E-state index in [-0.39, 0.29) is 5.75 Å². The second kappa shape index (κ2) is 3.85. The molecular formula is C10H11BrN2O2S. The molecule has 2 rings (SSSR count). The van der Waals surface area contributed by atoms with Gasteiger partial charge in [0, 0.05) is 22.3 Å². The maximum Gasteiger partial charge on any atom is 0.238 e. The standard InChI is InChI=1S/C10H11BrN2O2S/c1-3-16(14,15)13-5-4-8-9(11)6-12-7(2)10(8)13/h4-6H,3H2,1-2H3. The summed E-state index contributed by atoms with van der Waals surface area (Å²) in [5.74, 6) is 0.0722. The molecule has 0 aliphatic rings. The van der Waals surface area contributed by atoms with Gasteiger partial charge in [0.15, 0.2) is 0 Å². The summed E-state index contributed by atoms with van der Waals surface area (Å²) < 4.78 is 25.8. The maximum atomic E-state index is 11.9. The summed E-state index contributed by atoms with van der Waals surface area (Å²) in [7, 11) is -3.26. The van der Waals surface area contributed by atoms with E-state index in [4.69, 9.17) is 0 Å². The Morgan fingerprint density at radius 2 is 2.19 bits per heavy atom. The normalized spacial score (nSPS) is 12.2. The van der Waals surface area contributed by atoms with E-state index < -0.39 is 10.0 Å². The summed E-state index contributed by atoms with van der Waals surface area (Å²) in [4.78, 5) is 4.16. The molecule has 0 amide bonds. The van der Waals surface area contributed by atoms with Gasteiger partial charge in [-0.25, -0.2) is 12.4 Å². The highest BCUT2D eigenvalue weighted by atomic mass is 79.9. The van der Waals surface area contributed by atoms with E-state index in [9.17, 15) is 8.42 Å². The van der Waals surface area contributed by atoms with E-state index in [1.54, 1.807) is 32.3 Å². The number of aromatic nitrogens is 2. The Morgan fingerprint density at radius 1 is 1.50 bits per heavy atom. The van der Waals surface area contributed by atoms with Gasteiger partial charge >= 0.3 is 0 Å². The number of pyridine rings is 1. The fraction of sp³-hybridized carbons (Fsp3) is 0.300. The zero-order valence-electron chi connectivity index (χ0n) is 8.94. The van der Waals surface area contributed by atoms with Crippen LogP contribution in [0.2, 0.25) is 0 Å². The Bertz CT molecular complexity index is 646. The molecule has 0 saturated carbocycles. The molecule has 0 aliphatic carbocycles. The van der Waals surface area contributed by atoms with E-state index >= 15 is 0 Å². The molecule has 2 heterocycles. The fourth-order valence-corrected chi connectivity index (χ4v) is 3.07. The molecular weight excluding hydrogens is 292 g/mol. The van der Waals surface area contributed by atoms with Crippen LogP contribution in [0.3, 0.4) is 0 Å². The molecule has 0 saturated heterocycles. The fourth-order valence-electron chi connectivity index (χ4n) is 1.62. The minimum Gasteiger partial charge on any atom is -0.258 e. The molecule has 4 nitrogen and oxygen atoms in total. The van der Waals surface area contributed by atoms with Crippen molar-refractivity contribution < 1.29 is 8.42 Å². The third-order valence-electron chi connectivity index (χ3n) is 2.49. The number of halogens is 1. The van der Waals surface area contributed by atoms with Crippen LogP contribution in [-0.2, 0) is 10.0 Å². The molecule has 86 valence electrons. The third-order valence-corrected chi connectivity index (χ3v) is 4.75. The first kappa shape index (κ1) is 11.6. The predicted octanol–water partition coefficient (Wildman–Crippen LogP) is 2.31. The lowest BCUT2D eigenvalue weighted by Gasteiger charge is -2.06. The van der Waals surface area contributed by atoms with Gasteiger partial charge in [-0.3, -0.25) is 4.98 Å². The van der Waals surface area contributed by atoms with Crippen LogP contribution in [0.5, 0.6) is 0 Å². The zero-order chi connectivity index (χ0) is 11.9. The van der Waals surface area contributed by atoms with E-state index in [2.05, 4.69) is 20.9 Å². The number of hydrogen-bond donors (Lipinski definition) is 0. The van der Waals surface area contributed by atoms with Crippen molar-refractivity contribution in [3.05, 3.63) is 28.6 Å². The Balaban J connectivity index is 2.90. The van der Waals surface area contributed by atoms with Crippen LogP contribution in [0.1, 0.15) is 12.6 Å². The summed E-state index contributed by atoms with van der Waals surface area (Å²) in [6.45, 7) is 3.43. The van der Waals surface area contributed by atoms with Crippen LogP contribution in [0.4, 0.5) is 0 Å². The molecule has 0 fully saturated rings. The third kappa shape index (κ3) is 1.66. The zero-order valence-corrected chi connectivity index (χ0v) is 11.3. The maximum absolute atomic E-state index is 11.9. The van der Waals surface area contributed by atoms with Crippen molar-refractivity contribution in [3.8, 4) is 0 Å². The number of nitrogens with zero attached hydrogens (tertiary/aromatic N) is 2. The van der Waals surface area contributed by atoms with Crippen molar-refractivity contribution in [3.63, 3.8) is 0 Å². The van der Waals surface area contributed by atoms with Crippen LogP contribution >= 0.6 is 15.9 Å². The first-order valence-electron chi connectivity index (χ1n) is 4.82. The number of aryl methyl sites for hydroxylation is 1. The monoisotopic (exact) mass is 302 g/mol. The highest BCUT2D eigenvalue weighted by Gasteiger charge is 2.16. The molecule has 0 aromatic carbocycles. The lowest BCUT2D eigenvalue weighted by molar-refractivity contribution is 0.590. The van der Waals surface area contributed by atoms with Crippen LogP contribution in [0, 0.1) is 6.92 Å². The minimum absolute atomic E-state index is 0.0722. The second-order valence-corrected chi connectivity index (χ2v) is 6.45. The molecule has 6 heteroatoms. The quantitative estimate of drug-likeness (QED) is 0.855. The van der Waals surface area contributed by atoms with Gasteiger partial charge in [-0.1, -0.05) is 0 Å². The average molecular weight is 303 g/mol. The molecule has 0 radical (unpaired) electrons. The van der Waals surface area contributed by atoms with Crippen molar-refractivity contribution in [2.75, 3.05) is 5.75 Å². The lowest BCUT2D eigenvalue weighted by atomic mass is 10.3. The Kier molecular flexibility index (Phi) is 2.79. The Morgan fingerprint density at radius 3 is 2.81 bits per heavy atom. The summed E-state index contributed by atoms with van der Waals surface area (Å²) >= 11 is 3.36. The Labute approximate surface area is 102 Å². The van der Waals surface area contributed by atoms with Gasteiger partial charge in [-0.15, -0.1) is 0 Å². The Hall–Kier alpha value is -0.880. The van der Waals surface area contributed by atoms with E-state index in [0.717, 1.165) is 9.86 Å². The molecule has 0 N–H and O–H groups in total. The summed E-state index contributed by atoms with van der Waals surface area (Å²) in [6, 6.07) is 1.78. The average Bonchev–Trinajstić information content (AvgIpc) is 2.70. The van der Waals surface area contributed by atoms with Crippen molar-refractivity contribution in [2.45, 2.75) is 13.8 Å². The highest BCUT2D eigenvalue weighted by molar-refractivity contribution is 9.10. The van der Waals surface area contributed by atoms with Gasteiger partial charge in [0.1, 0.15) is 0 Å². The molecule has 2 aromatic rings. The van der Waals surface area contributed by atoms with Gasteiger partial charge in [-0.2, -0.15) is 0 Å². The summed E-state index contributed by atoms with van der Waals surface area (Å²) in [5, 5.41) is 0.865. The van der Waals surface area contributed by atoms with Crippen molar-refractivity contribution in [1.29, 1.82) is 0 Å². The molecule has 0 aliphatic heterocycles. The number of fused-ring (bicyclic) bond motifs is 1. The van der Waals surface area contributed by atoms with Gasteiger partial charge in [-0.05, 0) is 35.8 Å². The molecule has 0 atom stereocenters. The first-order chi connectivity index (χ1) is 7.47. The van der Waals surface area contributed by atoms with Crippen molar-refractivity contribution >= 4 is 36.9 Å². The first-order valence-corrected chi connectivity index (χ1v) is 7.23. The SMILES string of the molecule is CCS(=O)(=O)n1ccc2c(Br)cnc(C)c21. The molecule has 16 heavy (non-hydrogen) atoms. The predicted molar refractivity (Wildman–Crippen MR) is 67.0 cm³/mol. The van der Waals surface area contributed by atoms with Crippen molar-refractivity contribution in [2.24, 2.45) is 0 Å². The van der Waals surface area contributed by atoms with Gasteiger partial charge in [0.25, 0.3) is 0 Å². The second-order valence-electron chi connectivity index (χ2n) is 3.47. The minimum atomic E-state index is -3.26. The van der Waals surface area contributed by atoms with Gasteiger partial charge in [0.2, 0.25) is 10.0 Å². The van der Waals surface area contributed by atoms with E-state index in [1.165, 1.54) is 3.97 Å². The smallest absolute Gasteiger partial charge is 0.238 e. The van der Waals surface area contributed by atoms with Gasteiger partial charge < -0.3 is 0 Å². The van der Waals surface area contributed by atoms with Crippen LogP contribution in [-0.4, -0.2) is 23.1 Å². The van der Waals surface area contributed by atoms with Gasteiger partial charge in [0.05, 0.1) is 17.0 Å². The molecule has 0 unspecified atom stereocenters. The molecule has 2 aromatic heterocycles. The summed E-state index contributed by atoms with van der Waals surface area (Å²) in [6.07, 6.45) is 3.25. The lowest BCUT2D eigenvalue weighted by Crippen LogP contribution is -2.14. The van der Waals surface area contributed by atoms with Crippen LogP contribution in [0.15, 0.2) is 22.9 Å². The van der Waals surface area contributed by atoms with E-state index in [1.807, 2.05) is 0 Å². The van der Waals surface area contributed by atoms with Crippen molar-refractivity contribution in [1.82, 2.24) is 8.96 Å². The number of hydrogen-bond acceptors (Lipinski definition) is 3. The molecule has 0 bridgehead atoms. The van der Waals surface area contributed by atoms with E-state index in [0.29, 0.717) is 11.2 Å². The summed E-state index contributed by atoms with van der Waals surface area (Å²) in [5.41, 5.74) is 1.36. The largest absolute Gasteiger partial charge is 0.258 e. The van der Waals surface area contributed by atoms with Crippen LogP contribution < -0.4 is 0 Å². The number of rotatable bonds is 2. The van der Waals surface area contributed by atoms with Crippen LogP contribution in [0.25, 0.3) is 10.9 Å². The highest BCUT2D eigenvalue weighted by Crippen LogP contribution is 2.27. The topological polar surface area (TPSA) is 52.0 Å². The molecule has 0 spiro atoms.